The lowest BCUT2D eigenvalue weighted by Gasteiger charge is -2.12. The smallest absolute Gasteiger partial charge is 0.267 e. The van der Waals surface area contributed by atoms with E-state index < -0.39 is 0 Å². The molecular weight excluding hydrogens is 392 g/mol. The van der Waals surface area contributed by atoms with Gasteiger partial charge in [0.15, 0.2) is 0 Å². The van der Waals surface area contributed by atoms with E-state index in [9.17, 15) is 4.79 Å². The summed E-state index contributed by atoms with van der Waals surface area (Å²) in [6.07, 6.45) is 5.59. The Morgan fingerprint density at radius 3 is 2.77 bits per heavy atom. The van der Waals surface area contributed by atoms with Gasteiger partial charge in [0.2, 0.25) is 0 Å². The highest BCUT2D eigenvalue weighted by Gasteiger charge is 2.11. The fraction of sp³-hybridized carbons (Fsp3) is 0.0870. The van der Waals surface area contributed by atoms with Crippen LogP contribution in [0.2, 0.25) is 0 Å². The van der Waals surface area contributed by atoms with Crippen LogP contribution in [0.1, 0.15) is 21.7 Å². The molecule has 31 heavy (non-hydrogen) atoms. The molecule has 0 atom stereocenters. The van der Waals surface area contributed by atoms with Crippen LogP contribution >= 0.6 is 0 Å². The number of aromatic amines is 1. The number of pyridine rings is 1. The lowest BCUT2D eigenvalue weighted by atomic mass is 10.1. The summed E-state index contributed by atoms with van der Waals surface area (Å²) in [5.41, 5.74) is 9.77. The number of carbonyl (C=O) groups is 1. The van der Waals surface area contributed by atoms with Crippen LogP contribution in [0.5, 0.6) is 0 Å². The van der Waals surface area contributed by atoms with Crippen molar-refractivity contribution in [2.75, 3.05) is 18.5 Å². The number of hydrogen-bond acceptors (Lipinski definition) is 6. The minimum atomic E-state index is -0.291. The number of amides is 1. The van der Waals surface area contributed by atoms with E-state index in [0.717, 1.165) is 28.0 Å². The van der Waals surface area contributed by atoms with Crippen molar-refractivity contribution in [1.29, 1.82) is 0 Å². The van der Waals surface area contributed by atoms with Crippen LogP contribution in [0.4, 0.5) is 11.4 Å². The number of hydrogen-bond donors (Lipinski definition) is 5. The van der Waals surface area contributed by atoms with Crippen molar-refractivity contribution in [3.8, 4) is 0 Å². The molecule has 1 amide bonds. The number of aliphatic hydroxyl groups excluding tert-OH is 1. The third kappa shape index (κ3) is 4.95. The fourth-order valence-electron chi connectivity index (χ4n) is 3.10. The van der Waals surface area contributed by atoms with E-state index in [4.69, 9.17) is 5.11 Å². The molecule has 4 rings (SSSR count). The number of rotatable bonds is 8. The van der Waals surface area contributed by atoms with Crippen LogP contribution in [0, 0.1) is 0 Å². The van der Waals surface area contributed by atoms with E-state index in [0.29, 0.717) is 11.3 Å². The van der Waals surface area contributed by atoms with Gasteiger partial charge in [-0.25, -0.2) is 5.43 Å². The summed E-state index contributed by atoms with van der Waals surface area (Å²) in [6.45, 7) is 0.207. The van der Waals surface area contributed by atoms with Crippen molar-refractivity contribution in [3.63, 3.8) is 0 Å². The maximum absolute atomic E-state index is 12.4. The van der Waals surface area contributed by atoms with Crippen molar-refractivity contribution in [3.05, 3.63) is 83.8 Å². The van der Waals surface area contributed by atoms with Crippen molar-refractivity contribution >= 4 is 40.3 Å². The van der Waals surface area contributed by atoms with E-state index in [1.54, 1.807) is 18.3 Å². The van der Waals surface area contributed by atoms with E-state index >= 15 is 0 Å². The molecule has 156 valence electrons. The summed E-state index contributed by atoms with van der Waals surface area (Å²) in [5, 5.41) is 20.5. The molecule has 2 aromatic carbocycles. The summed E-state index contributed by atoms with van der Waals surface area (Å²) in [5.74, 6) is -0.291. The van der Waals surface area contributed by atoms with Gasteiger partial charge in [-0.05, 0) is 54.6 Å². The van der Waals surface area contributed by atoms with Crippen molar-refractivity contribution in [1.82, 2.24) is 26.0 Å². The first-order valence-corrected chi connectivity index (χ1v) is 9.82. The minimum absolute atomic E-state index is 0.0661. The maximum Gasteiger partial charge on any atom is 0.267 e. The molecule has 4 aromatic rings. The number of carbonyl (C=O) groups excluding carboxylic acids is 1. The van der Waals surface area contributed by atoms with Crippen LogP contribution in [0.3, 0.4) is 0 Å². The summed E-state index contributed by atoms with van der Waals surface area (Å²) in [7, 11) is 0. The highest BCUT2D eigenvalue weighted by atomic mass is 16.3. The highest BCUT2D eigenvalue weighted by Crippen LogP contribution is 2.25. The van der Waals surface area contributed by atoms with Gasteiger partial charge in [0.05, 0.1) is 34.8 Å². The number of aliphatic hydroxyl groups is 1. The predicted molar refractivity (Wildman–Crippen MR) is 122 cm³/mol. The lowest BCUT2D eigenvalue weighted by molar-refractivity contribution is 0.0931. The molecule has 0 bridgehead atoms. The number of hydrazine groups is 1. The van der Waals surface area contributed by atoms with Gasteiger partial charge in [0.1, 0.15) is 0 Å². The maximum atomic E-state index is 12.4. The Hall–Kier alpha value is -4.01. The van der Waals surface area contributed by atoms with Gasteiger partial charge in [-0.1, -0.05) is 18.2 Å². The summed E-state index contributed by atoms with van der Waals surface area (Å²) in [6, 6.07) is 18.8. The molecule has 0 aliphatic heterocycles. The Bertz CT molecular complexity index is 1200. The number of para-hydroxylation sites is 1. The van der Waals surface area contributed by atoms with Gasteiger partial charge in [-0.2, -0.15) is 5.10 Å². The van der Waals surface area contributed by atoms with Crippen molar-refractivity contribution < 1.29 is 9.90 Å². The molecule has 0 saturated heterocycles. The summed E-state index contributed by atoms with van der Waals surface area (Å²) < 4.78 is 0. The van der Waals surface area contributed by atoms with Crippen LogP contribution in [-0.2, 0) is 0 Å². The Kier molecular flexibility index (Phi) is 6.32. The van der Waals surface area contributed by atoms with Gasteiger partial charge in [0.25, 0.3) is 5.91 Å². The normalized spacial score (nSPS) is 11.1. The van der Waals surface area contributed by atoms with Crippen LogP contribution in [-0.4, -0.2) is 39.3 Å². The molecular formula is C23H22N6O2. The molecule has 0 fully saturated rings. The zero-order chi connectivity index (χ0) is 21.5. The molecule has 0 unspecified atom stereocenters. The van der Waals surface area contributed by atoms with Gasteiger partial charge < -0.3 is 10.4 Å². The molecule has 8 heteroatoms. The average molecular weight is 414 g/mol. The second-order valence-electron chi connectivity index (χ2n) is 6.73. The van der Waals surface area contributed by atoms with E-state index in [1.807, 2.05) is 60.7 Å². The number of H-pyrrole nitrogens is 1. The predicted octanol–water partition coefficient (Wildman–Crippen LogP) is 3.10. The lowest BCUT2D eigenvalue weighted by Crippen LogP contribution is -2.39. The Labute approximate surface area is 179 Å². The molecule has 0 aliphatic rings. The molecule has 2 aromatic heterocycles. The number of fused-ring (bicyclic) bond motifs is 1. The molecule has 2 heterocycles. The monoisotopic (exact) mass is 414 g/mol. The van der Waals surface area contributed by atoms with Gasteiger partial charge >= 0.3 is 0 Å². The zero-order valence-electron chi connectivity index (χ0n) is 16.7. The summed E-state index contributed by atoms with van der Waals surface area (Å²) in [4.78, 5) is 16.7. The standard InChI is InChI=1S/C23H22N6O2/c30-14-13-25-29-23(31)19-6-1-2-7-20(19)26-17-8-10-18-21(27-28-22(18)15-17)11-9-16-5-3-4-12-24-16/h1-12,15,25-26,30H,13-14H2,(H,27,28)(H,29,31)/b11-9+. The topological polar surface area (TPSA) is 115 Å². The Morgan fingerprint density at radius 2 is 1.94 bits per heavy atom. The molecule has 0 radical (unpaired) electrons. The van der Waals surface area contributed by atoms with Crippen LogP contribution < -0.4 is 16.2 Å². The largest absolute Gasteiger partial charge is 0.395 e. The SMILES string of the molecule is O=C(NNCCO)c1ccccc1Nc1ccc2c(/C=C/c3ccccn3)n[nH]c2c1. The number of anilines is 2. The third-order valence-electron chi connectivity index (χ3n) is 4.58. The number of nitrogens with one attached hydrogen (secondary N) is 4. The van der Waals surface area contributed by atoms with E-state index in [2.05, 4.69) is 31.3 Å². The average Bonchev–Trinajstić information content (AvgIpc) is 3.21. The first-order valence-electron chi connectivity index (χ1n) is 9.82. The Balaban J connectivity index is 1.53. The zero-order valence-corrected chi connectivity index (χ0v) is 16.7. The number of benzene rings is 2. The molecule has 0 aliphatic carbocycles. The van der Waals surface area contributed by atoms with Crippen molar-refractivity contribution in [2.45, 2.75) is 0 Å². The van der Waals surface area contributed by atoms with E-state index in [1.165, 1.54) is 0 Å². The molecule has 8 nitrogen and oxygen atoms in total. The minimum Gasteiger partial charge on any atom is -0.395 e. The fourth-order valence-corrected chi connectivity index (χ4v) is 3.10. The number of nitrogens with zero attached hydrogens (tertiary/aromatic N) is 2. The third-order valence-corrected chi connectivity index (χ3v) is 4.58. The van der Waals surface area contributed by atoms with E-state index in [-0.39, 0.29) is 19.1 Å². The van der Waals surface area contributed by atoms with Crippen LogP contribution in [0.15, 0.2) is 66.9 Å². The summed E-state index contributed by atoms with van der Waals surface area (Å²) >= 11 is 0. The van der Waals surface area contributed by atoms with Gasteiger partial charge in [-0.3, -0.25) is 20.3 Å². The molecule has 0 spiro atoms. The van der Waals surface area contributed by atoms with Gasteiger partial charge in [-0.15, -0.1) is 0 Å². The molecule has 0 saturated carbocycles. The Morgan fingerprint density at radius 1 is 1.06 bits per heavy atom. The quantitative estimate of drug-likeness (QED) is 0.224. The first-order chi connectivity index (χ1) is 15.2. The first kappa shape index (κ1) is 20.3. The number of aromatic nitrogens is 3. The van der Waals surface area contributed by atoms with Crippen molar-refractivity contribution in [2.24, 2.45) is 0 Å². The molecule has 5 N–H and O–H groups in total. The second-order valence-corrected chi connectivity index (χ2v) is 6.73. The van der Waals surface area contributed by atoms with Gasteiger partial charge in [0, 0.05) is 23.8 Å². The second kappa shape index (κ2) is 9.66. The van der Waals surface area contributed by atoms with Crippen LogP contribution in [0.25, 0.3) is 23.1 Å². The highest BCUT2D eigenvalue weighted by molar-refractivity contribution is 6.00.